The van der Waals surface area contributed by atoms with E-state index in [0.29, 0.717) is 0 Å². The molecule has 3 aromatic rings. The van der Waals surface area contributed by atoms with Crippen LogP contribution in [0.4, 0.5) is 20.3 Å². The summed E-state index contributed by atoms with van der Waals surface area (Å²) in [5.74, 6) is -3.11. The largest absolute Gasteiger partial charge is 0.381 e. The minimum Gasteiger partial charge on any atom is -0.381 e. The van der Waals surface area contributed by atoms with Crippen molar-refractivity contribution in [1.82, 2.24) is 14.9 Å². The molecule has 1 aliphatic heterocycles. The summed E-state index contributed by atoms with van der Waals surface area (Å²) < 4.78 is 55.6. The van der Waals surface area contributed by atoms with Gasteiger partial charge in [-0.2, -0.15) is 8.42 Å². The van der Waals surface area contributed by atoms with Gasteiger partial charge >= 0.3 is 16.5 Å². The molecule has 0 unspecified atom stereocenters. The molecular formula is C22H21F2N5O4S. The van der Waals surface area contributed by atoms with Crippen LogP contribution >= 0.6 is 0 Å². The number of likely N-dealkylation sites (tertiary alicyclic amines) is 1. The summed E-state index contributed by atoms with van der Waals surface area (Å²) in [7, 11) is -4.97. The van der Waals surface area contributed by atoms with Gasteiger partial charge in [-0.05, 0) is 42.8 Å². The molecule has 0 radical (unpaired) electrons. The third kappa shape index (κ3) is 4.97. The van der Waals surface area contributed by atoms with E-state index in [-0.39, 0.29) is 23.2 Å². The van der Waals surface area contributed by atoms with Crippen LogP contribution in [-0.2, 0) is 32.7 Å². The first-order valence-electron chi connectivity index (χ1n) is 10.3. The summed E-state index contributed by atoms with van der Waals surface area (Å²) in [5, 5.41) is 2.94. The Morgan fingerprint density at radius 3 is 2.41 bits per heavy atom. The van der Waals surface area contributed by atoms with Gasteiger partial charge in [0, 0.05) is 31.0 Å². The molecule has 0 saturated carbocycles. The topological polar surface area (TPSA) is 105 Å². The van der Waals surface area contributed by atoms with Crippen LogP contribution in [0.5, 0.6) is 0 Å². The Balaban J connectivity index is 1.57. The van der Waals surface area contributed by atoms with Crippen molar-refractivity contribution < 1.29 is 26.8 Å². The van der Waals surface area contributed by atoms with Crippen LogP contribution in [0.2, 0.25) is 0 Å². The third-order valence-corrected chi connectivity index (χ3v) is 6.93. The zero-order chi connectivity index (χ0) is 24.1. The number of sulfonamides is 1. The monoisotopic (exact) mass is 489 g/mol. The van der Waals surface area contributed by atoms with Crippen LogP contribution in [0.1, 0.15) is 17.5 Å². The van der Waals surface area contributed by atoms with E-state index < -0.39 is 32.4 Å². The molecule has 0 spiro atoms. The number of benzene rings is 2. The van der Waals surface area contributed by atoms with E-state index in [9.17, 15) is 22.0 Å². The van der Waals surface area contributed by atoms with E-state index in [1.54, 1.807) is 0 Å². The molecule has 9 nitrogen and oxygen atoms in total. The van der Waals surface area contributed by atoms with Gasteiger partial charge in [0.05, 0.1) is 0 Å². The van der Waals surface area contributed by atoms with Gasteiger partial charge in [-0.25, -0.2) is 18.7 Å². The first-order valence-corrected chi connectivity index (χ1v) is 11.8. The lowest BCUT2D eigenvalue weighted by atomic mass is 10.1. The molecule has 1 fully saturated rings. The molecule has 4 rings (SSSR count). The molecule has 2 heterocycles. The van der Waals surface area contributed by atoms with Gasteiger partial charge in [-0.15, -0.1) is 0 Å². The van der Waals surface area contributed by atoms with E-state index in [1.807, 2.05) is 24.3 Å². The molecule has 0 bridgehead atoms. The maximum absolute atomic E-state index is 14.9. The van der Waals surface area contributed by atoms with Crippen molar-refractivity contribution in [2.24, 2.45) is 0 Å². The second kappa shape index (κ2) is 10.1. The second-order valence-corrected chi connectivity index (χ2v) is 9.21. The zero-order valence-corrected chi connectivity index (χ0v) is 18.7. The van der Waals surface area contributed by atoms with Gasteiger partial charge in [-0.1, -0.05) is 28.7 Å². The average molecular weight is 490 g/mol. The number of nitrogens with zero attached hydrogens (tertiary/aromatic N) is 4. The Bertz CT molecular complexity index is 1250. The summed E-state index contributed by atoms with van der Waals surface area (Å²) in [5.41, 5.74) is 2.11. The molecule has 1 aromatic heterocycles. The number of anilines is 2. The third-order valence-electron chi connectivity index (χ3n) is 5.31. The summed E-state index contributed by atoms with van der Waals surface area (Å²) in [6, 6.07) is 10.6. The summed E-state index contributed by atoms with van der Waals surface area (Å²) in [4.78, 5) is 23.6. The minimum atomic E-state index is -4.97. The van der Waals surface area contributed by atoms with Gasteiger partial charge in [0.2, 0.25) is 0 Å². The maximum atomic E-state index is 14.9. The minimum absolute atomic E-state index is 0.0301. The fourth-order valence-electron chi connectivity index (χ4n) is 3.52. The van der Waals surface area contributed by atoms with E-state index in [1.165, 1.54) is 12.6 Å². The quantitative estimate of drug-likeness (QED) is 0.343. The zero-order valence-electron chi connectivity index (χ0n) is 17.9. The van der Waals surface area contributed by atoms with Crippen molar-refractivity contribution in [1.29, 1.82) is 0 Å². The molecule has 34 heavy (non-hydrogen) atoms. The van der Waals surface area contributed by atoms with Crippen molar-refractivity contribution in [2.45, 2.75) is 24.4 Å². The van der Waals surface area contributed by atoms with Crippen molar-refractivity contribution in [3.05, 3.63) is 77.8 Å². The summed E-state index contributed by atoms with van der Waals surface area (Å²) in [6.45, 7) is 2.95. The van der Waals surface area contributed by atoms with E-state index >= 15 is 0 Å². The van der Waals surface area contributed by atoms with Crippen LogP contribution < -0.4 is 9.79 Å². The van der Waals surface area contributed by atoms with Crippen LogP contribution in [-0.4, -0.2) is 42.8 Å². The van der Waals surface area contributed by atoms with Gasteiger partial charge in [0.1, 0.15) is 18.0 Å². The molecule has 1 aliphatic rings. The van der Waals surface area contributed by atoms with Gasteiger partial charge in [0.15, 0.2) is 10.7 Å². The number of carbonyl (C=O) groups excluding carboxylic acids is 1. The molecule has 1 N–H and O–H groups in total. The lowest BCUT2D eigenvalue weighted by Gasteiger charge is -2.31. The molecular weight excluding hydrogens is 468 g/mol. The first-order chi connectivity index (χ1) is 16.4. The van der Waals surface area contributed by atoms with Crippen LogP contribution in [0.3, 0.4) is 0 Å². The smallest absolute Gasteiger partial charge is 0.322 e. The second-order valence-electron chi connectivity index (χ2n) is 7.52. The summed E-state index contributed by atoms with van der Waals surface area (Å²) in [6.07, 6.45) is 3.34. The molecule has 0 atom stereocenters. The van der Waals surface area contributed by atoms with Crippen LogP contribution in [0.25, 0.3) is 0 Å². The van der Waals surface area contributed by atoms with Crippen molar-refractivity contribution >= 4 is 28.0 Å². The number of aromatic nitrogens is 2. The molecule has 12 heteroatoms. The van der Waals surface area contributed by atoms with E-state index in [0.717, 1.165) is 55.3 Å². The molecule has 2 aromatic carbocycles. The molecule has 178 valence electrons. The Morgan fingerprint density at radius 2 is 1.82 bits per heavy atom. The van der Waals surface area contributed by atoms with Gasteiger partial charge in [0.25, 0.3) is 0 Å². The molecule has 0 amide bonds. The normalized spacial score (nSPS) is 13.7. The highest BCUT2D eigenvalue weighted by Crippen LogP contribution is 2.29. The number of rotatable bonds is 10. The van der Waals surface area contributed by atoms with Crippen molar-refractivity contribution in [3.8, 4) is 0 Å². The number of halogens is 2. The van der Waals surface area contributed by atoms with E-state index in [4.69, 9.17) is 0 Å². The predicted octanol–water partition coefficient (Wildman–Crippen LogP) is 2.86. The summed E-state index contributed by atoms with van der Waals surface area (Å²) >= 11 is 0. The van der Waals surface area contributed by atoms with Crippen LogP contribution in [0.15, 0.2) is 59.9 Å². The number of carbonyl (C=O) groups is 1. The Labute approximate surface area is 195 Å². The highest BCUT2D eigenvalue weighted by molar-refractivity contribution is 7.92. The maximum Gasteiger partial charge on any atom is 0.322 e. The standard InChI is InChI=1S/C22H21F2N5O4S/c23-19-10-18(26-12-16-4-1-2-5-17(16)13-28-8-3-9-28)11-20(24)22(19)34(31,32)29(33-15-30)21-6-7-25-14-27-21/h1-2,4-7,10-11,14-15,26H,3,8-9,12-13H2. The van der Waals surface area contributed by atoms with Gasteiger partial charge < -0.3 is 10.2 Å². The van der Waals surface area contributed by atoms with Crippen molar-refractivity contribution in [2.75, 3.05) is 22.9 Å². The number of hydrogen-bond donors (Lipinski definition) is 1. The Morgan fingerprint density at radius 1 is 1.12 bits per heavy atom. The van der Waals surface area contributed by atoms with Crippen LogP contribution in [0, 0.1) is 11.6 Å². The lowest BCUT2D eigenvalue weighted by Crippen LogP contribution is -2.36. The Kier molecular flexibility index (Phi) is 6.98. The fraction of sp³-hybridized carbons (Fsp3) is 0.227. The fourth-order valence-corrected chi connectivity index (χ4v) is 4.80. The van der Waals surface area contributed by atoms with Gasteiger partial charge in [-0.3, -0.25) is 9.69 Å². The van der Waals surface area contributed by atoms with Crippen molar-refractivity contribution in [3.63, 3.8) is 0 Å². The SMILES string of the molecule is O=CON(c1ccncn1)S(=O)(=O)c1c(F)cc(NCc2ccccc2CN2CCC2)cc1F. The number of hydrogen-bond acceptors (Lipinski definition) is 8. The highest BCUT2D eigenvalue weighted by Gasteiger charge is 2.34. The molecule has 1 saturated heterocycles. The van der Waals surface area contributed by atoms with E-state index in [2.05, 4.69) is 25.0 Å². The predicted molar refractivity (Wildman–Crippen MR) is 119 cm³/mol. The first kappa shape index (κ1) is 23.5. The lowest BCUT2D eigenvalue weighted by molar-refractivity contribution is -0.128. The molecule has 0 aliphatic carbocycles. The average Bonchev–Trinajstić information content (AvgIpc) is 2.79. The Hall–Kier alpha value is -3.64. The highest BCUT2D eigenvalue weighted by atomic mass is 32.2. The number of nitrogens with one attached hydrogen (secondary N) is 1.